The lowest BCUT2D eigenvalue weighted by atomic mass is 9.92. The summed E-state index contributed by atoms with van der Waals surface area (Å²) in [6.45, 7) is 4.00. The minimum atomic E-state index is -4.46. The zero-order valence-corrected chi connectivity index (χ0v) is 13.5. The Kier molecular flexibility index (Phi) is 6.98. The first-order valence-electron chi connectivity index (χ1n) is 7.46. The molecule has 0 aromatic heterocycles. The highest BCUT2D eigenvalue weighted by molar-refractivity contribution is 5.42. The Labute approximate surface area is 133 Å². The number of alkyl halides is 3. The molecular weight excluding hydrogens is 311 g/mol. The van der Waals surface area contributed by atoms with Crippen molar-refractivity contribution in [1.29, 1.82) is 0 Å². The Morgan fingerprint density at radius 1 is 0.913 bits per heavy atom. The Morgan fingerprint density at radius 2 is 1.35 bits per heavy atom. The van der Waals surface area contributed by atoms with Gasteiger partial charge in [-0.1, -0.05) is 24.3 Å². The molecule has 0 fully saturated rings. The molecule has 0 unspecified atom stereocenters. The Hall–Kier alpha value is -1.65. The van der Waals surface area contributed by atoms with Gasteiger partial charge in [0.15, 0.2) is 0 Å². The van der Waals surface area contributed by atoms with Gasteiger partial charge in [-0.05, 0) is 63.1 Å². The molecule has 128 valence electrons. The molecule has 0 N–H and O–H groups in total. The second-order valence-electron chi connectivity index (χ2n) is 5.54. The molecule has 23 heavy (non-hydrogen) atoms. The third-order valence-corrected chi connectivity index (χ3v) is 3.63. The van der Waals surface area contributed by atoms with Crippen LogP contribution >= 0.6 is 0 Å². The van der Waals surface area contributed by atoms with Gasteiger partial charge >= 0.3 is 6.18 Å². The smallest absolute Gasteiger partial charge is 0.212 e. The zero-order valence-electron chi connectivity index (χ0n) is 13.5. The fourth-order valence-corrected chi connectivity index (χ4v) is 2.54. The van der Waals surface area contributed by atoms with Gasteiger partial charge in [-0.25, -0.2) is 8.78 Å². The maximum Gasteiger partial charge on any atom is 0.416 e. The Bertz CT molecular complexity index is 586. The van der Waals surface area contributed by atoms with Crippen molar-refractivity contribution < 1.29 is 22.0 Å². The predicted octanol–water partition coefficient (Wildman–Crippen LogP) is 6.63. The van der Waals surface area contributed by atoms with E-state index in [-0.39, 0.29) is 29.8 Å². The van der Waals surface area contributed by atoms with Crippen LogP contribution in [0.1, 0.15) is 48.9 Å². The molecule has 0 spiro atoms. The number of allylic oxidation sites excluding steroid dienone is 4. The average Bonchev–Trinajstić information content (AvgIpc) is 2.38. The van der Waals surface area contributed by atoms with Crippen LogP contribution in [0, 0.1) is 6.92 Å². The van der Waals surface area contributed by atoms with Crippen molar-refractivity contribution in [2.45, 2.75) is 52.6 Å². The molecule has 0 aliphatic carbocycles. The van der Waals surface area contributed by atoms with E-state index in [4.69, 9.17) is 0 Å². The third kappa shape index (κ3) is 6.16. The van der Waals surface area contributed by atoms with Gasteiger partial charge in [0.25, 0.3) is 0 Å². The number of aryl methyl sites for hydroxylation is 2. The van der Waals surface area contributed by atoms with Crippen LogP contribution in [0.15, 0.2) is 35.9 Å². The molecule has 5 heteroatoms. The van der Waals surface area contributed by atoms with Gasteiger partial charge in [-0.3, -0.25) is 0 Å². The first-order chi connectivity index (χ1) is 10.6. The van der Waals surface area contributed by atoms with Crippen LogP contribution < -0.4 is 0 Å². The van der Waals surface area contributed by atoms with Crippen LogP contribution in [0.4, 0.5) is 22.0 Å². The fourth-order valence-electron chi connectivity index (χ4n) is 2.54. The molecule has 0 saturated carbocycles. The van der Waals surface area contributed by atoms with Crippen LogP contribution in [0.3, 0.4) is 0 Å². The van der Waals surface area contributed by atoms with Gasteiger partial charge in [0.1, 0.15) is 0 Å². The monoisotopic (exact) mass is 332 g/mol. The quantitative estimate of drug-likeness (QED) is 0.513. The maximum atomic E-state index is 13.4. The van der Waals surface area contributed by atoms with Crippen molar-refractivity contribution in [3.05, 3.63) is 58.2 Å². The number of hydrogen-bond donors (Lipinski definition) is 0. The number of hydrogen-bond acceptors (Lipinski definition) is 0. The minimum Gasteiger partial charge on any atom is -0.212 e. The lowest BCUT2D eigenvalue weighted by Gasteiger charge is -2.18. The number of benzene rings is 1. The number of halogens is 5. The molecule has 0 amide bonds. The summed E-state index contributed by atoms with van der Waals surface area (Å²) < 4.78 is 65.5. The van der Waals surface area contributed by atoms with E-state index < -0.39 is 17.6 Å². The Balaban J connectivity index is 3.11. The van der Waals surface area contributed by atoms with Crippen LogP contribution in [0.2, 0.25) is 0 Å². The van der Waals surface area contributed by atoms with Crippen LogP contribution in [-0.4, -0.2) is 0 Å². The first-order valence-corrected chi connectivity index (χ1v) is 7.46. The van der Waals surface area contributed by atoms with E-state index in [0.29, 0.717) is 18.4 Å². The lowest BCUT2D eigenvalue weighted by molar-refractivity contribution is -0.138. The third-order valence-electron chi connectivity index (χ3n) is 3.63. The molecule has 0 aliphatic rings. The first kappa shape index (κ1) is 19.4. The average molecular weight is 332 g/mol. The lowest BCUT2D eigenvalue weighted by Crippen LogP contribution is -2.13. The summed E-state index contributed by atoms with van der Waals surface area (Å²) in [6.07, 6.45) is -0.790. The SMILES string of the molecule is C/C(F)=C/CCc1ccc(CC/C=C(/C)F)c(C(F)(F)F)c1C. The second-order valence-corrected chi connectivity index (χ2v) is 5.54. The van der Waals surface area contributed by atoms with Gasteiger partial charge < -0.3 is 0 Å². The molecule has 0 atom stereocenters. The van der Waals surface area contributed by atoms with Gasteiger partial charge in [-0.15, -0.1) is 0 Å². The topological polar surface area (TPSA) is 0 Å². The van der Waals surface area contributed by atoms with E-state index in [1.165, 1.54) is 39.0 Å². The molecule has 1 aromatic carbocycles. The molecule has 0 bridgehead atoms. The van der Waals surface area contributed by atoms with Crippen LogP contribution in [0.25, 0.3) is 0 Å². The van der Waals surface area contributed by atoms with Crippen molar-refractivity contribution >= 4 is 0 Å². The summed E-state index contributed by atoms with van der Waals surface area (Å²) in [5, 5.41) is 0. The summed E-state index contributed by atoms with van der Waals surface area (Å²) in [5.41, 5.74) is 0.228. The Morgan fingerprint density at radius 3 is 1.78 bits per heavy atom. The van der Waals surface area contributed by atoms with E-state index in [1.807, 2.05) is 0 Å². The number of rotatable bonds is 6. The van der Waals surface area contributed by atoms with Gasteiger partial charge in [0, 0.05) is 0 Å². The van der Waals surface area contributed by atoms with E-state index in [1.54, 1.807) is 6.07 Å². The highest BCUT2D eigenvalue weighted by atomic mass is 19.4. The molecule has 0 radical (unpaired) electrons. The van der Waals surface area contributed by atoms with E-state index in [9.17, 15) is 22.0 Å². The van der Waals surface area contributed by atoms with Gasteiger partial charge in [0.2, 0.25) is 0 Å². The molecule has 0 saturated heterocycles. The molecule has 1 rings (SSSR count). The van der Waals surface area contributed by atoms with E-state index >= 15 is 0 Å². The summed E-state index contributed by atoms with van der Waals surface area (Å²) in [7, 11) is 0. The standard InChI is InChI=1S/C18H21F5/c1-12(19)6-4-8-15-10-11-16(9-5-7-13(2)20)17(14(15)3)18(21,22)23/h6-7,10-11H,4-5,8-9H2,1-3H3/b12-6-,13-7-. The summed E-state index contributed by atoms with van der Waals surface area (Å²) >= 11 is 0. The van der Waals surface area contributed by atoms with Gasteiger partial charge in [0.05, 0.1) is 17.2 Å². The van der Waals surface area contributed by atoms with Gasteiger partial charge in [-0.2, -0.15) is 13.2 Å². The second kappa shape index (κ2) is 8.27. The molecule has 0 aliphatic heterocycles. The van der Waals surface area contributed by atoms with E-state index in [2.05, 4.69) is 0 Å². The van der Waals surface area contributed by atoms with Crippen molar-refractivity contribution in [2.75, 3.05) is 0 Å². The van der Waals surface area contributed by atoms with Crippen molar-refractivity contribution in [1.82, 2.24) is 0 Å². The maximum absolute atomic E-state index is 13.4. The van der Waals surface area contributed by atoms with Crippen molar-refractivity contribution in [3.63, 3.8) is 0 Å². The molecular formula is C18H21F5. The molecule has 1 aromatic rings. The normalized spacial score (nSPS) is 13.6. The highest BCUT2D eigenvalue weighted by Crippen LogP contribution is 2.36. The van der Waals surface area contributed by atoms with Crippen molar-refractivity contribution in [3.8, 4) is 0 Å². The predicted molar refractivity (Wildman–Crippen MR) is 82.6 cm³/mol. The highest BCUT2D eigenvalue weighted by Gasteiger charge is 2.35. The summed E-state index contributed by atoms with van der Waals surface area (Å²) in [5.74, 6) is -0.746. The zero-order chi connectivity index (χ0) is 17.6. The van der Waals surface area contributed by atoms with E-state index in [0.717, 1.165) is 0 Å². The minimum absolute atomic E-state index is 0.126. The fraction of sp³-hybridized carbons (Fsp3) is 0.444. The molecule has 0 nitrogen and oxygen atoms in total. The van der Waals surface area contributed by atoms with Crippen LogP contribution in [-0.2, 0) is 19.0 Å². The molecule has 0 heterocycles. The summed E-state index contributed by atoms with van der Waals surface area (Å²) in [6, 6.07) is 3.09. The van der Waals surface area contributed by atoms with Crippen LogP contribution in [0.5, 0.6) is 0 Å². The van der Waals surface area contributed by atoms with Crippen molar-refractivity contribution in [2.24, 2.45) is 0 Å². The summed E-state index contributed by atoms with van der Waals surface area (Å²) in [4.78, 5) is 0. The largest absolute Gasteiger partial charge is 0.416 e.